The molecule has 0 radical (unpaired) electrons. The summed E-state index contributed by atoms with van der Waals surface area (Å²) in [6, 6.07) is 28.2. The van der Waals surface area contributed by atoms with Crippen LogP contribution in [0.1, 0.15) is 5.69 Å². The van der Waals surface area contributed by atoms with E-state index in [0.29, 0.717) is 28.0 Å². The molecular formula is C26H18N2O2. The number of pyridine rings is 1. The molecule has 4 aromatic carbocycles. The number of phenolic OH excluding ortho intramolecular Hbond substituents is 2. The summed E-state index contributed by atoms with van der Waals surface area (Å²) in [6.45, 7) is 0. The predicted molar refractivity (Wildman–Crippen MR) is 122 cm³/mol. The smallest absolute Gasteiger partial charge is 0.125 e. The highest BCUT2D eigenvalue weighted by atomic mass is 16.3. The molecule has 0 aliphatic rings. The minimum Gasteiger partial charge on any atom is -0.507 e. The first-order chi connectivity index (χ1) is 14.7. The Morgan fingerprint density at radius 2 is 1.43 bits per heavy atom. The van der Waals surface area contributed by atoms with E-state index in [9.17, 15) is 10.2 Å². The highest BCUT2D eigenvalue weighted by molar-refractivity contribution is 6.13. The summed E-state index contributed by atoms with van der Waals surface area (Å²) in [5.41, 5.74) is 2.70. The van der Waals surface area contributed by atoms with Crippen LogP contribution in [0, 0.1) is 0 Å². The number of aromatic nitrogens is 1. The maximum absolute atomic E-state index is 10.5. The van der Waals surface area contributed by atoms with Crippen molar-refractivity contribution >= 4 is 33.4 Å². The van der Waals surface area contributed by atoms with E-state index in [2.05, 4.69) is 11.1 Å². The molecule has 5 aromatic rings. The fourth-order valence-electron chi connectivity index (χ4n) is 3.70. The number of phenols is 2. The minimum atomic E-state index is 0.184. The van der Waals surface area contributed by atoms with Crippen molar-refractivity contribution in [3.8, 4) is 22.8 Å². The van der Waals surface area contributed by atoms with Gasteiger partial charge in [-0.15, -0.1) is 0 Å². The van der Waals surface area contributed by atoms with E-state index in [-0.39, 0.29) is 11.5 Å². The van der Waals surface area contributed by atoms with Gasteiger partial charge in [-0.05, 0) is 47.2 Å². The van der Waals surface area contributed by atoms with Gasteiger partial charge in [0, 0.05) is 16.3 Å². The van der Waals surface area contributed by atoms with Crippen LogP contribution in [0.4, 0.5) is 5.69 Å². The van der Waals surface area contributed by atoms with Gasteiger partial charge in [-0.1, -0.05) is 54.6 Å². The summed E-state index contributed by atoms with van der Waals surface area (Å²) >= 11 is 0. The molecule has 0 atom stereocenters. The number of hydrogen-bond acceptors (Lipinski definition) is 4. The Hall–Kier alpha value is -4.18. The average molecular weight is 390 g/mol. The third kappa shape index (κ3) is 3.14. The summed E-state index contributed by atoms with van der Waals surface area (Å²) in [6.07, 6.45) is 1.69. The number of benzene rings is 4. The first-order valence-corrected chi connectivity index (χ1v) is 9.63. The maximum atomic E-state index is 10.5. The molecule has 1 heterocycles. The number of fused-ring (bicyclic) bond motifs is 2. The van der Waals surface area contributed by atoms with Crippen LogP contribution < -0.4 is 0 Å². The molecule has 1 aromatic heterocycles. The van der Waals surface area contributed by atoms with Gasteiger partial charge in [0.15, 0.2) is 0 Å². The molecule has 0 saturated heterocycles. The molecule has 0 unspecified atom stereocenters. The van der Waals surface area contributed by atoms with Crippen LogP contribution in [-0.2, 0) is 0 Å². The van der Waals surface area contributed by atoms with Gasteiger partial charge in [-0.2, -0.15) is 0 Å². The molecule has 0 fully saturated rings. The Labute approximate surface area is 173 Å². The Morgan fingerprint density at radius 3 is 2.33 bits per heavy atom. The highest BCUT2D eigenvalue weighted by Gasteiger charge is 2.10. The highest BCUT2D eigenvalue weighted by Crippen LogP contribution is 2.39. The first-order valence-electron chi connectivity index (χ1n) is 9.63. The fraction of sp³-hybridized carbons (Fsp3) is 0. The van der Waals surface area contributed by atoms with E-state index in [1.807, 2.05) is 66.7 Å². The van der Waals surface area contributed by atoms with E-state index in [1.165, 1.54) is 0 Å². The lowest BCUT2D eigenvalue weighted by atomic mass is 10.0. The first kappa shape index (κ1) is 17.9. The lowest BCUT2D eigenvalue weighted by Gasteiger charge is -2.09. The zero-order valence-electron chi connectivity index (χ0n) is 16.0. The van der Waals surface area contributed by atoms with Gasteiger partial charge in [-0.25, -0.2) is 4.98 Å². The molecule has 4 nitrogen and oxygen atoms in total. The molecule has 0 amide bonds. The van der Waals surface area contributed by atoms with E-state index in [0.717, 1.165) is 16.2 Å². The van der Waals surface area contributed by atoms with E-state index in [4.69, 9.17) is 4.99 Å². The molecule has 30 heavy (non-hydrogen) atoms. The SMILES string of the molecule is Oc1ccccc1-c1cccc(C=Nc2c3ccccc3cc3cccc(O)c23)n1. The zero-order chi connectivity index (χ0) is 20.5. The third-order valence-electron chi connectivity index (χ3n) is 5.11. The minimum absolute atomic E-state index is 0.184. The van der Waals surface area contributed by atoms with Gasteiger partial charge >= 0.3 is 0 Å². The van der Waals surface area contributed by atoms with Crippen LogP contribution in [0.2, 0.25) is 0 Å². The van der Waals surface area contributed by atoms with Crippen molar-refractivity contribution in [3.05, 3.63) is 96.7 Å². The monoisotopic (exact) mass is 390 g/mol. The van der Waals surface area contributed by atoms with Gasteiger partial charge < -0.3 is 10.2 Å². The second-order valence-electron chi connectivity index (χ2n) is 7.04. The predicted octanol–water partition coefficient (Wildman–Crippen LogP) is 6.22. The quantitative estimate of drug-likeness (QED) is 0.284. The van der Waals surface area contributed by atoms with Crippen molar-refractivity contribution in [2.45, 2.75) is 0 Å². The topological polar surface area (TPSA) is 65.7 Å². The second-order valence-corrected chi connectivity index (χ2v) is 7.04. The summed E-state index contributed by atoms with van der Waals surface area (Å²) in [7, 11) is 0. The number of hydrogen-bond donors (Lipinski definition) is 2. The zero-order valence-corrected chi connectivity index (χ0v) is 16.0. The van der Waals surface area contributed by atoms with Crippen LogP contribution in [-0.4, -0.2) is 21.4 Å². The molecule has 2 N–H and O–H groups in total. The maximum Gasteiger partial charge on any atom is 0.125 e. The van der Waals surface area contributed by atoms with E-state index in [1.54, 1.807) is 24.4 Å². The van der Waals surface area contributed by atoms with Crippen molar-refractivity contribution in [2.75, 3.05) is 0 Å². The molecule has 5 rings (SSSR count). The van der Waals surface area contributed by atoms with Crippen molar-refractivity contribution in [1.29, 1.82) is 0 Å². The lowest BCUT2D eigenvalue weighted by Crippen LogP contribution is -1.91. The molecule has 0 aliphatic carbocycles. The number of aliphatic imine (C=N–C) groups is 1. The van der Waals surface area contributed by atoms with Crippen molar-refractivity contribution < 1.29 is 10.2 Å². The van der Waals surface area contributed by atoms with Gasteiger partial charge in [0.05, 0.1) is 23.3 Å². The molecule has 0 bridgehead atoms. The molecule has 0 saturated carbocycles. The fourth-order valence-corrected chi connectivity index (χ4v) is 3.70. The molecule has 0 aliphatic heterocycles. The van der Waals surface area contributed by atoms with Crippen LogP contribution in [0.25, 0.3) is 32.8 Å². The van der Waals surface area contributed by atoms with Gasteiger partial charge in [-0.3, -0.25) is 4.99 Å². The molecule has 4 heteroatoms. The third-order valence-corrected chi connectivity index (χ3v) is 5.11. The lowest BCUT2D eigenvalue weighted by molar-refractivity contribution is 0.477. The average Bonchev–Trinajstić information content (AvgIpc) is 2.77. The van der Waals surface area contributed by atoms with Gasteiger partial charge in [0.1, 0.15) is 11.5 Å². The van der Waals surface area contributed by atoms with E-state index >= 15 is 0 Å². The Bertz CT molecular complexity index is 1420. The Balaban J connectivity index is 1.66. The van der Waals surface area contributed by atoms with Crippen molar-refractivity contribution in [3.63, 3.8) is 0 Å². The van der Waals surface area contributed by atoms with Gasteiger partial charge in [0.25, 0.3) is 0 Å². The number of rotatable bonds is 3. The Morgan fingerprint density at radius 1 is 0.700 bits per heavy atom. The summed E-state index contributed by atoms with van der Waals surface area (Å²) < 4.78 is 0. The number of nitrogens with zero attached hydrogens (tertiary/aromatic N) is 2. The van der Waals surface area contributed by atoms with Crippen LogP contribution >= 0.6 is 0 Å². The number of para-hydroxylation sites is 1. The van der Waals surface area contributed by atoms with Crippen molar-refractivity contribution in [2.24, 2.45) is 4.99 Å². The molecular weight excluding hydrogens is 372 g/mol. The van der Waals surface area contributed by atoms with Gasteiger partial charge in [0.2, 0.25) is 0 Å². The van der Waals surface area contributed by atoms with Crippen LogP contribution in [0.3, 0.4) is 0 Å². The Kier molecular flexibility index (Phi) is 4.37. The van der Waals surface area contributed by atoms with Crippen LogP contribution in [0.5, 0.6) is 11.5 Å². The normalized spacial score (nSPS) is 11.5. The largest absolute Gasteiger partial charge is 0.507 e. The molecule has 144 valence electrons. The summed E-state index contributed by atoms with van der Waals surface area (Å²) in [4.78, 5) is 9.37. The summed E-state index contributed by atoms with van der Waals surface area (Å²) in [5, 5.41) is 24.3. The standard InChI is InChI=1S/C26H18N2O2/c29-23-13-4-3-11-21(23)22-12-6-9-19(28-22)16-27-26-20-10-2-1-7-17(20)15-18-8-5-14-24(30)25(18)26/h1-16,29-30H. The second kappa shape index (κ2) is 7.33. The van der Waals surface area contributed by atoms with Crippen LogP contribution in [0.15, 0.2) is 96.0 Å². The van der Waals surface area contributed by atoms with Crippen molar-refractivity contribution in [1.82, 2.24) is 4.98 Å². The summed E-state index contributed by atoms with van der Waals surface area (Å²) in [5.74, 6) is 0.380. The number of aromatic hydroxyl groups is 2. The van der Waals surface area contributed by atoms with E-state index < -0.39 is 0 Å². The molecule has 0 spiro atoms.